The Morgan fingerprint density at radius 2 is 2.00 bits per heavy atom. The van der Waals surface area contributed by atoms with Crippen LogP contribution in [0.2, 0.25) is 0 Å². The molecule has 0 aliphatic rings. The van der Waals surface area contributed by atoms with Crippen LogP contribution in [-0.4, -0.2) is 44.4 Å². The van der Waals surface area contributed by atoms with E-state index in [1.807, 2.05) is 0 Å². The number of ether oxygens (including phenoxy) is 3. The predicted molar refractivity (Wildman–Crippen MR) is 57.2 cm³/mol. The highest BCUT2D eigenvalue weighted by Crippen LogP contribution is 2.08. The van der Waals surface area contributed by atoms with Crippen molar-refractivity contribution in [1.29, 1.82) is 0 Å². The maximum atomic E-state index is 9.64. The molecule has 0 aromatic rings. The number of terminal acetylenes is 1. The fourth-order valence-corrected chi connectivity index (χ4v) is 0.960. The third kappa shape index (κ3) is 6.47. The van der Waals surface area contributed by atoms with Gasteiger partial charge in [-0.3, -0.25) is 0 Å². The van der Waals surface area contributed by atoms with Crippen LogP contribution in [0.5, 0.6) is 0 Å². The summed E-state index contributed by atoms with van der Waals surface area (Å²) in [7, 11) is 1.60. The average molecular weight is 216 g/mol. The molecule has 15 heavy (non-hydrogen) atoms. The van der Waals surface area contributed by atoms with Gasteiger partial charge in [-0.15, -0.1) is 12.3 Å². The van der Waals surface area contributed by atoms with Gasteiger partial charge in [-0.1, -0.05) is 0 Å². The van der Waals surface area contributed by atoms with Gasteiger partial charge in [0.2, 0.25) is 0 Å². The van der Waals surface area contributed by atoms with Crippen LogP contribution in [0.4, 0.5) is 0 Å². The molecule has 0 bridgehead atoms. The average Bonchev–Trinajstić information content (AvgIpc) is 2.26. The van der Waals surface area contributed by atoms with E-state index in [0.29, 0.717) is 13.2 Å². The summed E-state index contributed by atoms with van der Waals surface area (Å²) in [5, 5.41) is 9.64. The molecular weight excluding hydrogens is 196 g/mol. The van der Waals surface area contributed by atoms with Crippen LogP contribution < -0.4 is 0 Å². The SMILES string of the molecule is C#CC(C)C(O)C(C)OCOCCOC. The minimum Gasteiger partial charge on any atom is -0.389 e. The number of hydrogen-bond acceptors (Lipinski definition) is 4. The molecule has 0 aromatic carbocycles. The third-order valence-corrected chi connectivity index (χ3v) is 2.10. The summed E-state index contributed by atoms with van der Waals surface area (Å²) in [6, 6.07) is 0. The Kier molecular flexibility index (Phi) is 8.34. The van der Waals surface area contributed by atoms with E-state index < -0.39 is 6.10 Å². The van der Waals surface area contributed by atoms with Gasteiger partial charge in [-0.2, -0.15) is 0 Å². The molecule has 1 N–H and O–H groups in total. The lowest BCUT2D eigenvalue weighted by Crippen LogP contribution is -2.32. The normalized spacial score (nSPS) is 16.7. The zero-order valence-electron chi connectivity index (χ0n) is 9.60. The van der Waals surface area contributed by atoms with Crippen LogP contribution in [0.25, 0.3) is 0 Å². The second kappa shape index (κ2) is 8.69. The number of methoxy groups -OCH3 is 1. The van der Waals surface area contributed by atoms with E-state index in [-0.39, 0.29) is 18.8 Å². The molecule has 4 nitrogen and oxygen atoms in total. The van der Waals surface area contributed by atoms with Gasteiger partial charge in [0, 0.05) is 13.0 Å². The van der Waals surface area contributed by atoms with E-state index in [2.05, 4.69) is 5.92 Å². The van der Waals surface area contributed by atoms with Crippen molar-refractivity contribution in [3.63, 3.8) is 0 Å². The Hall–Kier alpha value is -0.600. The summed E-state index contributed by atoms with van der Waals surface area (Å²) in [6.07, 6.45) is 4.19. The molecule has 0 saturated carbocycles. The Labute approximate surface area is 91.5 Å². The van der Waals surface area contributed by atoms with Crippen LogP contribution >= 0.6 is 0 Å². The fourth-order valence-electron chi connectivity index (χ4n) is 0.960. The van der Waals surface area contributed by atoms with E-state index in [0.717, 1.165) is 0 Å². The highest BCUT2D eigenvalue weighted by atomic mass is 16.7. The monoisotopic (exact) mass is 216 g/mol. The minimum absolute atomic E-state index is 0.138. The quantitative estimate of drug-likeness (QED) is 0.367. The van der Waals surface area contributed by atoms with Gasteiger partial charge in [-0.05, 0) is 13.8 Å². The minimum atomic E-state index is -0.666. The lowest BCUT2D eigenvalue weighted by Gasteiger charge is -2.21. The summed E-state index contributed by atoms with van der Waals surface area (Å²) < 4.78 is 15.1. The Balaban J connectivity index is 3.56. The number of aliphatic hydroxyl groups excluding tert-OH is 1. The van der Waals surface area contributed by atoms with E-state index in [1.54, 1.807) is 21.0 Å². The number of hydrogen-bond donors (Lipinski definition) is 1. The van der Waals surface area contributed by atoms with Gasteiger partial charge >= 0.3 is 0 Å². The Morgan fingerprint density at radius 1 is 1.33 bits per heavy atom. The first kappa shape index (κ1) is 14.4. The molecule has 0 aliphatic carbocycles. The summed E-state index contributed by atoms with van der Waals surface area (Å²) in [6.45, 7) is 4.68. The number of aliphatic hydroxyl groups is 1. The number of rotatable bonds is 8. The van der Waals surface area contributed by atoms with E-state index >= 15 is 0 Å². The zero-order valence-corrected chi connectivity index (χ0v) is 9.60. The first-order valence-corrected chi connectivity index (χ1v) is 4.96. The Bertz CT molecular complexity index is 188. The van der Waals surface area contributed by atoms with Crippen molar-refractivity contribution in [2.45, 2.75) is 26.1 Å². The van der Waals surface area contributed by atoms with Gasteiger partial charge in [0.1, 0.15) is 6.79 Å². The summed E-state index contributed by atoms with van der Waals surface area (Å²) in [5.41, 5.74) is 0. The van der Waals surface area contributed by atoms with Crippen LogP contribution in [0.15, 0.2) is 0 Å². The predicted octanol–water partition coefficient (Wildman–Crippen LogP) is 0.642. The molecule has 0 fully saturated rings. The Morgan fingerprint density at radius 3 is 2.53 bits per heavy atom. The van der Waals surface area contributed by atoms with Gasteiger partial charge in [-0.25, -0.2) is 0 Å². The van der Waals surface area contributed by atoms with Crippen molar-refractivity contribution in [3.8, 4) is 12.3 Å². The van der Waals surface area contributed by atoms with Crippen molar-refractivity contribution in [2.75, 3.05) is 27.1 Å². The van der Waals surface area contributed by atoms with Crippen LogP contribution in [-0.2, 0) is 14.2 Å². The van der Waals surface area contributed by atoms with Crippen molar-refractivity contribution in [2.24, 2.45) is 5.92 Å². The lowest BCUT2D eigenvalue weighted by molar-refractivity contribution is -0.127. The van der Waals surface area contributed by atoms with Gasteiger partial charge < -0.3 is 19.3 Å². The first-order valence-electron chi connectivity index (χ1n) is 4.96. The molecule has 0 spiro atoms. The molecule has 0 aromatic heterocycles. The van der Waals surface area contributed by atoms with E-state index in [1.165, 1.54) is 0 Å². The molecule has 0 heterocycles. The highest BCUT2D eigenvalue weighted by molar-refractivity contribution is 4.95. The van der Waals surface area contributed by atoms with Gasteiger partial charge in [0.15, 0.2) is 0 Å². The van der Waals surface area contributed by atoms with Crippen LogP contribution in [0.3, 0.4) is 0 Å². The molecule has 3 atom stereocenters. The highest BCUT2D eigenvalue weighted by Gasteiger charge is 2.19. The van der Waals surface area contributed by atoms with Crippen LogP contribution in [0.1, 0.15) is 13.8 Å². The molecule has 4 heteroatoms. The molecule has 3 unspecified atom stereocenters. The molecule has 0 radical (unpaired) electrons. The molecular formula is C11H20O4. The molecule has 88 valence electrons. The maximum absolute atomic E-state index is 9.64. The molecule has 0 rings (SSSR count). The third-order valence-electron chi connectivity index (χ3n) is 2.10. The summed E-state index contributed by atoms with van der Waals surface area (Å²) in [5.74, 6) is 2.24. The van der Waals surface area contributed by atoms with Crippen molar-refractivity contribution in [1.82, 2.24) is 0 Å². The second-order valence-corrected chi connectivity index (χ2v) is 3.34. The van der Waals surface area contributed by atoms with E-state index in [9.17, 15) is 5.11 Å². The lowest BCUT2D eigenvalue weighted by atomic mass is 10.0. The van der Waals surface area contributed by atoms with E-state index in [4.69, 9.17) is 20.6 Å². The topological polar surface area (TPSA) is 47.9 Å². The first-order chi connectivity index (χ1) is 7.13. The van der Waals surface area contributed by atoms with Crippen LogP contribution in [0, 0.1) is 18.3 Å². The van der Waals surface area contributed by atoms with Crippen molar-refractivity contribution < 1.29 is 19.3 Å². The fraction of sp³-hybridized carbons (Fsp3) is 0.818. The molecule has 0 aliphatic heterocycles. The smallest absolute Gasteiger partial charge is 0.147 e. The van der Waals surface area contributed by atoms with Gasteiger partial charge in [0.05, 0.1) is 25.4 Å². The molecule has 0 amide bonds. The second-order valence-electron chi connectivity index (χ2n) is 3.34. The molecule has 0 saturated heterocycles. The van der Waals surface area contributed by atoms with Gasteiger partial charge in [0.25, 0.3) is 0 Å². The maximum Gasteiger partial charge on any atom is 0.147 e. The van der Waals surface area contributed by atoms with Crippen molar-refractivity contribution in [3.05, 3.63) is 0 Å². The summed E-state index contributed by atoms with van der Waals surface area (Å²) in [4.78, 5) is 0. The standard InChI is InChI=1S/C11H20O4/c1-5-9(2)11(12)10(3)15-8-14-7-6-13-4/h1,9-12H,6-8H2,2-4H3. The van der Waals surface area contributed by atoms with Crippen molar-refractivity contribution >= 4 is 0 Å². The summed E-state index contributed by atoms with van der Waals surface area (Å²) >= 11 is 0. The zero-order chi connectivity index (χ0) is 11.7. The largest absolute Gasteiger partial charge is 0.389 e.